The molecule has 74 valence electrons. The molecular weight excluding hydrogens is 146 g/mol. The molecule has 0 aromatic rings. The molecule has 1 rings (SSSR count). The van der Waals surface area contributed by atoms with Crippen molar-refractivity contribution in [1.82, 2.24) is 5.32 Å². The van der Waals surface area contributed by atoms with Gasteiger partial charge in [-0.05, 0) is 32.2 Å². The van der Waals surface area contributed by atoms with E-state index in [1.165, 1.54) is 32.1 Å². The molecule has 0 radical (unpaired) electrons. The summed E-state index contributed by atoms with van der Waals surface area (Å²) in [5.74, 6) is 0.971. The van der Waals surface area contributed by atoms with E-state index in [0.717, 1.165) is 12.0 Å². The van der Waals surface area contributed by atoms with Crippen LogP contribution in [0.1, 0.15) is 52.9 Å². The standard InChI is InChI=1S/C9H19N.C2H6/c1-8-4-3-5-9(10-2)7-6-8;1-2/h8-10H,3-7H2,1-2H3;1-2H3. The molecule has 0 aliphatic heterocycles. The van der Waals surface area contributed by atoms with Crippen molar-refractivity contribution in [3.63, 3.8) is 0 Å². The zero-order valence-electron chi connectivity index (χ0n) is 9.19. The van der Waals surface area contributed by atoms with Crippen LogP contribution in [0, 0.1) is 5.92 Å². The van der Waals surface area contributed by atoms with Gasteiger partial charge in [0.25, 0.3) is 0 Å². The Morgan fingerprint density at radius 1 is 1.00 bits per heavy atom. The van der Waals surface area contributed by atoms with Crippen molar-refractivity contribution in [3.8, 4) is 0 Å². The first kappa shape index (κ1) is 12.0. The molecule has 1 saturated carbocycles. The summed E-state index contributed by atoms with van der Waals surface area (Å²) in [5, 5.41) is 3.36. The molecule has 0 bridgehead atoms. The van der Waals surface area contributed by atoms with Crippen LogP contribution in [0.5, 0.6) is 0 Å². The summed E-state index contributed by atoms with van der Waals surface area (Å²) in [5.41, 5.74) is 0. The molecule has 1 nitrogen and oxygen atoms in total. The Balaban J connectivity index is 0.000000561. The van der Waals surface area contributed by atoms with E-state index in [2.05, 4.69) is 19.3 Å². The normalized spacial score (nSPS) is 30.0. The van der Waals surface area contributed by atoms with Crippen molar-refractivity contribution in [2.75, 3.05) is 7.05 Å². The van der Waals surface area contributed by atoms with Crippen molar-refractivity contribution in [3.05, 3.63) is 0 Å². The van der Waals surface area contributed by atoms with Gasteiger partial charge in [0.15, 0.2) is 0 Å². The fraction of sp³-hybridized carbons (Fsp3) is 1.00. The minimum atomic E-state index is 0.810. The molecule has 2 unspecified atom stereocenters. The molecule has 1 N–H and O–H groups in total. The third-order valence-electron chi connectivity index (χ3n) is 2.67. The smallest absolute Gasteiger partial charge is 0.00641 e. The average molecular weight is 171 g/mol. The topological polar surface area (TPSA) is 12.0 Å². The maximum Gasteiger partial charge on any atom is 0.00641 e. The number of hydrogen-bond acceptors (Lipinski definition) is 1. The number of nitrogens with one attached hydrogen (secondary N) is 1. The van der Waals surface area contributed by atoms with E-state index in [0.29, 0.717) is 0 Å². The fourth-order valence-electron chi connectivity index (χ4n) is 1.78. The molecule has 0 aromatic carbocycles. The van der Waals surface area contributed by atoms with Gasteiger partial charge >= 0.3 is 0 Å². The SMILES string of the molecule is CC.CNC1CCCC(C)CC1. The van der Waals surface area contributed by atoms with Crippen LogP contribution in [0.25, 0.3) is 0 Å². The van der Waals surface area contributed by atoms with Gasteiger partial charge in [0, 0.05) is 6.04 Å². The summed E-state index contributed by atoms with van der Waals surface area (Å²) in [6.07, 6.45) is 7.06. The van der Waals surface area contributed by atoms with Gasteiger partial charge in [0.2, 0.25) is 0 Å². The fourth-order valence-corrected chi connectivity index (χ4v) is 1.78. The van der Waals surface area contributed by atoms with E-state index in [1.807, 2.05) is 13.8 Å². The van der Waals surface area contributed by atoms with Gasteiger partial charge in [-0.25, -0.2) is 0 Å². The molecule has 0 aromatic heterocycles. The Labute approximate surface area is 77.9 Å². The third-order valence-corrected chi connectivity index (χ3v) is 2.67. The highest BCUT2D eigenvalue weighted by atomic mass is 14.9. The molecule has 1 fully saturated rings. The van der Waals surface area contributed by atoms with Gasteiger partial charge in [-0.3, -0.25) is 0 Å². The largest absolute Gasteiger partial charge is 0.317 e. The Bertz CT molecular complexity index is 91.0. The first-order chi connectivity index (χ1) is 5.83. The van der Waals surface area contributed by atoms with E-state index in [9.17, 15) is 0 Å². The van der Waals surface area contributed by atoms with E-state index in [1.54, 1.807) is 0 Å². The van der Waals surface area contributed by atoms with Gasteiger partial charge in [-0.1, -0.05) is 33.6 Å². The Kier molecular flexibility index (Phi) is 7.58. The highest BCUT2D eigenvalue weighted by Crippen LogP contribution is 2.21. The molecule has 1 aliphatic rings. The number of hydrogen-bond donors (Lipinski definition) is 1. The van der Waals surface area contributed by atoms with Crippen LogP contribution in [-0.2, 0) is 0 Å². The second-order valence-electron chi connectivity index (χ2n) is 3.60. The van der Waals surface area contributed by atoms with E-state index in [-0.39, 0.29) is 0 Å². The van der Waals surface area contributed by atoms with Crippen molar-refractivity contribution in [2.45, 2.75) is 58.9 Å². The summed E-state index contributed by atoms with van der Waals surface area (Å²) in [6, 6.07) is 0.810. The highest BCUT2D eigenvalue weighted by molar-refractivity contribution is 4.71. The van der Waals surface area contributed by atoms with Crippen LogP contribution in [0.2, 0.25) is 0 Å². The Morgan fingerprint density at radius 3 is 2.25 bits per heavy atom. The lowest BCUT2D eigenvalue weighted by Gasteiger charge is -2.11. The minimum absolute atomic E-state index is 0.810. The summed E-state index contributed by atoms with van der Waals surface area (Å²) >= 11 is 0. The zero-order valence-corrected chi connectivity index (χ0v) is 9.19. The predicted molar refractivity (Wildman–Crippen MR) is 56.4 cm³/mol. The van der Waals surface area contributed by atoms with Crippen molar-refractivity contribution in [1.29, 1.82) is 0 Å². The Hall–Kier alpha value is -0.0400. The molecule has 0 saturated heterocycles. The van der Waals surface area contributed by atoms with Gasteiger partial charge in [-0.2, -0.15) is 0 Å². The van der Waals surface area contributed by atoms with Crippen LogP contribution in [0.15, 0.2) is 0 Å². The molecule has 1 aliphatic carbocycles. The summed E-state index contributed by atoms with van der Waals surface area (Å²) in [7, 11) is 2.08. The first-order valence-corrected chi connectivity index (χ1v) is 5.50. The average Bonchev–Trinajstić information content (AvgIpc) is 2.33. The van der Waals surface area contributed by atoms with Gasteiger partial charge in [0.05, 0.1) is 0 Å². The molecule has 2 atom stereocenters. The summed E-state index contributed by atoms with van der Waals surface area (Å²) in [4.78, 5) is 0. The van der Waals surface area contributed by atoms with Gasteiger partial charge < -0.3 is 5.32 Å². The minimum Gasteiger partial charge on any atom is -0.317 e. The molecular formula is C11H25N. The van der Waals surface area contributed by atoms with Gasteiger partial charge in [0.1, 0.15) is 0 Å². The van der Waals surface area contributed by atoms with Crippen LogP contribution in [0.4, 0.5) is 0 Å². The lowest BCUT2D eigenvalue weighted by molar-refractivity contribution is 0.475. The van der Waals surface area contributed by atoms with E-state index in [4.69, 9.17) is 0 Å². The van der Waals surface area contributed by atoms with Crippen LogP contribution in [-0.4, -0.2) is 13.1 Å². The van der Waals surface area contributed by atoms with E-state index >= 15 is 0 Å². The van der Waals surface area contributed by atoms with Crippen LogP contribution in [0.3, 0.4) is 0 Å². The molecule has 0 heterocycles. The quantitative estimate of drug-likeness (QED) is 0.597. The molecule has 12 heavy (non-hydrogen) atoms. The monoisotopic (exact) mass is 171 g/mol. The molecule has 1 heteroatoms. The lowest BCUT2D eigenvalue weighted by Crippen LogP contribution is -2.23. The molecule has 0 amide bonds. The number of rotatable bonds is 1. The Morgan fingerprint density at radius 2 is 1.67 bits per heavy atom. The first-order valence-electron chi connectivity index (χ1n) is 5.50. The summed E-state index contributed by atoms with van der Waals surface area (Å²) in [6.45, 7) is 6.37. The second kappa shape index (κ2) is 7.60. The zero-order chi connectivity index (χ0) is 9.40. The van der Waals surface area contributed by atoms with Gasteiger partial charge in [-0.15, -0.1) is 0 Å². The second-order valence-corrected chi connectivity index (χ2v) is 3.60. The van der Waals surface area contributed by atoms with Crippen molar-refractivity contribution < 1.29 is 0 Å². The predicted octanol–water partition coefficient (Wildman–Crippen LogP) is 3.20. The highest BCUT2D eigenvalue weighted by Gasteiger charge is 2.13. The maximum absolute atomic E-state index is 3.36. The lowest BCUT2D eigenvalue weighted by atomic mass is 10.0. The third kappa shape index (κ3) is 4.76. The molecule has 0 spiro atoms. The van der Waals surface area contributed by atoms with Crippen LogP contribution >= 0.6 is 0 Å². The van der Waals surface area contributed by atoms with Crippen molar-refractivity contribution in [2.24, 2.45) is 5.92 Å². The van der Waals surface area contributed by atoms with Crippen LogP contribution < -0.4 is 5.32 Å². The summed E-state index contributed by atoms with van der Waals surface area (Å²) < 4.78 is 0. The van der Waals surface area contributed by atoms with E-state index < -0.39 is 0 Å². The van der Waals surface area contributed by atoms with Crippen molar-refractivity contribution >= 4 is 0 Å². The maximum atomic E-state index is 3.36.